The van der Waals surface area contributed by atoms with Gasteiger partial charge < -0.3 is 15.4 Å². The van der Waals surface area contributed by atoms with E-state index in [2.05, 4.69) is 10.6 Å². The zero-order valence-electron chi connectivity index (χ0n) is 10.2. The quantitative estimate of drug-likeness (QED) is 0.710. The maximum atomic E-state index is 11.4. The molecule has 0 unspecified atom stereocenters. The van der Waals surface area contributed by atoms with Crippen LogP contribution in [0, 0.1) is 0 Å². The fourth-order valence-corrected chi connectivity index (χ4v) is 1.41. The summed E-state index contributed by atoms with van der Waals surface area (Å²) in [5, 5.41) is 5.61. The molecule has 0 fully saturated rings. The lowest BCUT2D eigenvalue weighted by Crippen LogP contribution is -2.35. The molecule has 4 heteroatoms. The van der Waals surface area contributed by atoms with Crippen LogP contribution < -0.4 is 10.6 Å². The number of carbonyl (C=O) groups excluding carboxylic acids is 1. The normalized spacial score (nSPS) is 9.94. The van der Waals surface area contributed by atoms with Gasteiger partial charge in [0.2, 0.25) is 0 Å². The molecule has 0 saturated carbocycles. The van der Waals surface area contributed by atoms with Crippen LogP contribution in [0.4, 0.5) is 4.79 Å². The molecule has 4 nitrogen and oxygen atoms in total. The summed E-state index contributed by atoms with van der Waals surface area (Å²) < 4.78 is 4.93. The van der Waals surface area contributed by atoms with Crippen molar-refractivity contribution in [1.29, 1.82) is 0 Å². The van der Waals surface area contributed by atoms with Gasteiger partial charge in [0.1, 0.15) is 0 Å². The second kappa shape index (κ2) is 8.58. The first-order valence-electron chi connectivity index (χ1n) is 5.87. The summed E-state index contributed by atoms with van der Waals surface area (Å²) >= 11 is 0. The second-order valence-electron chi connectivity index (χ2n) is 3.79. The predicted octanol–water partition coefficient (Wildman–Crippen LogP) is 1.91. The van der Waals surface area contributed by atoms with E-state index in [1.54, 1.807) is 7.11 Å². The highest BCUT2D eigenvalue weighted by Crippen LogP contribution is 1.96. The third-order valence-electron chi connectivity index (χ3n) is 2.36. The zero-order chi connectivity index (χ0) is 12.3. The van der Waals surface area contributed by atoms with E-state index < -0.39 is 0 Å². The fraction of sp³-hybridized carbons (Fsp3) is 0.462. The highest BCUT2D eigenvalue weighted by molar-refractivity contribution is 5.73. The van der Waals surface area contributed by atoms with Crippen molar-refractivity contribution in [3.05, 3.63) is 35.9 Å². The molecular weight excluding hydrogens is 216 g/mol. The topological polar surface area (TPSA) is 50.4 Å². The number of ether oxygens (including phenoxy) is 1. The summed E-state index contributed by atoms with van der Waals surface area (Å²) in [6, 6.07) is 9.72. The van der Waals surface area contributed by atoms with Gasteiger partial charge in [0.15, 0.2) is 0 Å². The Bertz CT molecular complexity index is 314. The van der Waals surface area contributed by atoms with Crippen LogP contribution in [0.2, 0.25) is 0 Å². The number of rotatable bonds is 7. The number of carbonyl (C=O) groups is 1. The minimum absolute atomic E-state index is 0.119. The van der Waals surface area contributed by atoms with Crippen molar-refractivity contribution >= 4 is 6.03 Å². The van der Waals surface area contributed by atoms with Crippen LogP contribution in [-0.4, -0.2) is 26.3 Å². The summed E-state index contributed by atoms with van der Waals surface area (Å²) in [6.45, 7) is 1.99. The number of benzene rings is 1. The van der Waals surface area contributed by atoms with Gasteiger partial charge >= 0.3 is 6.03 Å². The number of hydrogen-bond acceptors (Lipinski definition) is 2. The van der Waals surface area contributed by atoms with Crippen LogP contribution in [0.25, 0.3) is 0 Å². The van der Waals surface area contributed by atoms with Crippen LogP contribution in [0.5, 0.6) is 0 Å². The molecule has 2 N–H and O–H groups in total. The van der Waals surface area contributed by atoms with Crippen molar-refractivity contribution in [3.8, 4) is 0 Å². The molecule has 94 valence electrons. The van der Waals surface area contributed by atoms with Crippen LogP contribution in [0.1, 0.15) is 18.4 Å². The molecule has 0 aliphatic heterocycles. The molecule has 17 heavy (non-hydrogen) atoms. The van der Waals surface area contributed by atoms with Crippen molar-refractivity contribution in [2.75, 3.05) is 20.3 Å². The number of urea groups is 1. The van der Waals surface area contributed by atoms with E-state index in [4.69, 9.17) is 4.74 Å². The lowest BCUT2D eigenvalue weighted by atomic mass is 10.2. The molecule has 1 aromatic carbocycles. The average Bonchev–Trinajstić information content (AvgIpc) is 2.37. The van der Waals surface area contributed by atoms with E-state index in [1.807, 2.05) is 30.3 Å². The molecule has 2 amide bonds. The number of methoxy groups -OCH3 is 1. The van der Waals surface area contributed by atoms with Gasteiger partial charge in [-0.2, -0.15) is 0 Å². The standard InChI is InChI=1S/C13H20N2O2/c1-17-10-6-5-9-14-13(16)15-11-12-7-3-2-4-8-12/h2-4,7-8H,5-6,9-11H2,1H3,(H2,14,15,16). The van der Waals surface area contributed by atoms with Gasteiger partial charge in [0.25, 0.3) is 0 Å². The van der Waals surface area contributed by atoms with E-state index in [0.717, 1.165) is 25.0 Å². The fourth-order valence-electron chi connectivity index (χ4n) is 1.41. The van der Waals surface area contributed by atoms with E-state index in [9.17, 15) is 4.79 Å². The molecule has 1 rings (SSSR count). The molecule has 0 radical (unpaired) electrons. The van der Waals surface area contributed by atoms with Gasteiger partial charge in [-0.3, -0.25) is 0 Å². The van der Waals surface area contributed by atoms with Gasteiger partial charge in [-0.1, -0.05) is 30.3 Å². The highest BCUT2D eigenvalue weighted by Gasteiger charge is 1.98. The van der Waals surface area contributed by atoms with Crippen molar-refractivity contribution in [2.24, 2.45) is 0 Å². The Morgan fingerprint density at radius 3 is 2.65 bits per heavy atom. The zero-order valence-corrected chi connectivity index (χ0v) is 10.2. The van der Waals surface area contributed by atoms with Crippen molar-refractivity contribution in [3.63, 3.8) is 0 Å². The molecular formula is C13H20N2O2. The summed E-state index contributed by atoms with van der Waals surface area (Å²) in [6.07, 6.45) is 1.90. The SMILES string of the molecule is COCCCCNC(=O)NCc1ccccc1. The predicted molar refractivity (Wildman–Crippen MR) is 67.8 cm³/mol. The van der Waals surface area contributed by atoms with Crippen LogP contribution in [0.15, 0.2) is 30.3 Å². The number of unbranched alkanes of at least 4 members (excludes halogenated alkanes) is 1. The number of amides is 2. The third-order valence-corrected chi connectivity index (χ3v) is 2.36. The Kier molecular flexibility index (Phi) is 6.82. The summed E-state index contributed by atoms with van der Waals surface area (Å²) in [4.78, 5) is 11.4. The van der Waals surface area contributed by atoms with Crippen LogP contribution in [-0.2, 0) is 11.3 Å². The lowest BCUT2D eigenvalue weighted by Gasteiger charge is -2.07. The molecule has 0 heterocycles. The smallest absolute Gasteiger partial charge is 0.315 e. The van der Waals surface area contributed by atoms with Gasteiger partial charge in [0.05, 0.1) is 0 Å². The van der Waals surface area contributed by atoms with Crippen LogP contribution in [0.3, 0.4) is 0 Å². The van der Waals surface area contributed by atoms with Gasteiger partial charge in [0, 0.05) is 26.8 Å². The van der Waals surface area contributed by atoms with Gasteiger partial charge in [-0.25, -0.2) is 4.79 Å². The van der Waals surface area contributed by atoms with E-state index >= 15 is 0 Å². The molecule has 0 atom stereocenters. The highest BCUT2D eigenvalue weighted by atomic mass is 16.5. The van der Waals surface area contributed by atoms with E-state index in [-0.39, 0.29) is 6.03 Å². The Labute approximate surface area is 102 Å². The van der Waals surface area contributed by atoms with Crippen molar-refractivity contribution in [1.82, 2.24) is 10.6 Å². The molecule has 0 aromatic heterocycles. The first-order chi connectivity index (χ1) is 8.33. The van der Waals surface area contributed by atoms with E-state index in [1.165, 1.54) is 0 Å². The first kappa shape index (κ1) is 13.5. The van der Waals surface area contributed by atoms with Gasteiger partial charge in [-0.05, 0) is 18.4 Å². The number of hydrogen-bond donors (Lipinski definition) is 2. The average molecular weight is 236 g/mol. The largest absolute Gasteiger partial charge is 0.385 e. The summed E-state index contributed by atoms with van der Waals surface area (Å²) in [7, 11) is 1.68. The molecule has 0 aliphatic rings. The number of nitrogens with one attached hydrogen (secondary N) is 2. The first-order valence-corrected chi connectivity index (χ1v) is 5.87. The monoisotopic (exact) mass is 236 g/mol. The molecule has 0 spiro atoms. The Morgan fingerprint density at radius 2 is 1.94 bits per heavy atom. The molecule has 0 bridgehead atoms. The summed E-state index contributed by atoms with van der Waals surface area (Å²) in [5.74, 6) is 0. The summed E-state index contributed by atoms with van der Waals surface area (Å²) in [5.41, 5.74) is 1.10. The Balaban J connectivity index is 2.05. The Hall–Kier alpha value is -1.55. The maximum Gasteiger partial charge on any atom is 0.315 e. The minimum atomic E-state index is -0.119. The van der Waals surface area contributed by atoms with Crippen LogP contribution >= 0.6 is 0 Å². The molecule has 1 aromatic rings. The Morgan fingerprint density at radius 1 is 1.18 bits per heavy atom. The minimum Gasteiger partial charge on any atom is -0.385 e. The third kappa shape index (κ3) is 6.58. The van der Waals surface area contributed by atoms with Crippen molar-refractivity contribution in [2.45, 2.75) is 19.4 Å². The van der Waals surface area contributed by atoms with Gasteiger partial charge in [-0.15, -0.1) is 0 Å². The maximum absolute atomic E-state index is 11.4. The molecule has 0 saturated heterocycles. The lowest BCUT2D eigenvalue weighted by molar-refractivity contribution is 0.192. The molecule has 0 aliphatic carbocycles. The second-order valence-corrected chi connectivity index (χ2v) is 3.79. The van der Waals surface area contributed by atoms with E-state index in [0.29, 0.717) is 13.1 Å². The van der Waals surface area contributed by atoms with Crippen molar-refractivity contribution < 1.29 is 9.53 Å².